The molecule has 1 unspecified atom stereocenters. The van der Waals surface area contributed by atoms with Gasteiger partial charge in [-0.05, 0) is 64.8 Å². The Kier molecular flexibility index (Phi) is 5.61. The molecule has 0 saturated carbocycles. The molecular formula is C25H27N3O5. The van der Waals surface area contributed by atoms with Crippen LogP contribution in [0.15, 0.2) is 40.4 Å². The maximum atomic E-state index is 13.2. The van der Waals surface area contributed by atoms with Gasteiger partial charge in [-0.1, -0.05) is 17.3 Å². The highest BCUT2D eigenvalue weighted by Crippen LogP contribution is 2.43. The molecule has 172 valence electrons. The number of amides is 1. The Balaban J connectivity index is 1.92. The van der Waals surface area contributed by atoms with Crippen molar-refractivity contribution in [1.29, 1.82) is 0 Å². The van der Waals surface area contributed by atoms with Gasteiger partial charge in [0.25, 0.3) is 5.78 Å². The summed E-state index contributed by atoms with van der Waals surface area (Å²) >= 11 is 0. The summed E-state index contributed by atoms with van der Waals surface area (Å²) < 4.78 is 10.9. The molecule has 0 aliphatic carbocycles. The van der Waals surface area contributed by atoms with Gasteiger partial charge in [0.05, 0.1) is 17.7 Å². The van der Waals surface area contributed by atoms with Crippen LogP contribution >= 0.6 is 0 Å². The van der Waals surface area contributed by atoms with Gasteiger partial charge in [-0.3, -0.25) is 14.5 Å². The van der Waals surface area contributed by atoms with E-state index in [0.717, 1.165) is 11.3 Å². The lowest BCUT2D eigenvalue weighted by atomic mass is 9.94. The van der Waals surface area contributed by atoms with Crippen LogP contribution in [-0.2, 0) is 9.59 Å². The lowest BCUT2D eigenvalue weighted by molar-refractivity contribution is -0.132. The van der Waals surface area contributed by atoms with Crippen molar-refractivity contribution in [3.63, 3.8) is 0 Å². The molecule has 0 spiro atoms. The number of aliphatic hydroxyl groups excluding tert-OH is 1. The van der Waals surface area contributed by atoms with E-state index in [-0.39, 0.29) is 23.3 Å². The number of nitrogens with one attached hydrogen (secondary N) is 1. The lowest BCUT2D eigenvalue weighted by Gasteiger charge is -2.23. The summed E-state index contributed by atoms with van der Waals surface area (Å²) in [5.41, 5.74) is 3.56. The maximum absolute atomic E-state index is 13.2. The Morgan fingerprint density at radius 2 is 1.79 bits per heavy atom. The Bertz CT molecular complexity index is 1260. The van der Waals surface area contributed by atoms with Gasteiger partial charge in [0.1, 0.15) is 17.3 Å². The van der Waals surface area contributed by atoms with Gasteiger partial charge in [0.2, 0.25) is 0 Å². The zero-order valence-electron chi connectivity index (χ0n) is 19.5. The first-order valence-corrected chi connectivity index (χ1v) is 10.8. The first-order chi connectivity index (χ1) is 15.6. The van der Waals surface area contributed by atoms with Crippen molar-refractivity contribution in [2.45, 2.75) is 53.7 Å². The molecule has 3 heterocycles. The van der Waals surface area contributed by atoms with E-state index in [2.05, 4.69) is 10.1 Å². The Morgan fingerprint density at radius 1 is 1.12 bits per heavy atom. The molecule has 4 rings (SSSR count). The van der Waals surface area contributed by atoms with Crippen molar-refractivity contribution < 1.29 is 24.0 Å². The largest absolute Gasteiger partial charge is 0.507 e. The molecule has 1 aromatic carbocycles. The van der Waals surface area contributed by atoms with Crippen LogP contribution in [0.3, 0.4) is 0 Å². The molecule has 1 saturated heterocycles. The van der Waals surface area contributed by atoms with Crippen molar-refractivity contribution in [2.75, 3.05) is 4.90 Å². The third-order valence-electron chi connectivity index (χ3n) is 5.80. The summed E-state index contributed by atoms with van der Waals surface area (Å²) in [6, 6.07) is 7.83. The summed E-state index contributed by atoms with van der Waals surface area (Å²) in [6.07, 6.45) is 0.00220. The number of ether oxygens (including phenoxy) is 1. The minimum absolute atomic E-state index is 0.00220. The highest BCUT2D eigenvalue weighted by atomic mass is 16.5. The van der Waals surface area contributed by atoms with Gasteiger partial charge in [0, 0.05) is 23.0 Å². The number of rotatable bonds is 5. The van der Waals surface area contributed by atoms with Gasteiger partial charge in [-0.2, -0.15) is 0 Å². The Labute approximate surface area is 191 Å². The van der Waals surface area contributed by atoms with Crippen molar-refractivity contribution in [2.24, 2.45) is 0 Å². The number of benzene rings is 1. The van der Waals surface area contributed by atoms with Crippen molar-refractivity contribution >= 4 is 23.3 Å². The van der Waals surface area contributed by atoms with Crippen molar-refractivity contribution in [3.8, 4) is 5.75 Å². The van der Waals surface area contributed by atoms with Gasteiger partial charge in [0.15, 0.2) is 5.82 Å². The molecule has 1 amide bonds. The second-order valence-electron chi connectivity index (χ2n) is 8.58. The van der Waals surface area contributed by atoms with Gasteiger partial charge in [-0.15, -0.1) is 0 Å². The van der Waals surface area contributed by atoms with E-state index in [4.69, 9.17) is 9.26 Å². The van der Waals surface area contributed by atoms with Crippen LogP contribution in [-0.4, -0.2) is 33.0 Å². The molecular weight excluding hydrogens is 422 g/mol. The van der Waals surface area contributed by atoms with E-state index in [1.54, 1.807) is 37.3 Å². The first kappa shape index (κ1) is 22.4. The van der Waals surface area contributed by atoms with Crippen LogP contribution in [0.4, 0.5) is 5.82 Å². The minimum atomic E-state index is -0.878. The number of H-pyrrole nitrogens is 1. The van der Waals surface area contributed by atoms with Crippen LogP contribution in [0, 0.1) is 27.7 Å². The van der Waals surface area contributed by atoms with E-state index < -0.39 is 17.7 Å². The molecule has 8 nitrogen and oxygen atoms in total. The van der Waals surface area contributed by atoms with Crippen molar-refractivity contribution in [3.05, 3.63) is 69.7 Å². The number of Topliss-reactive ketones (excluding diaryl/α,β-unsaturated/α-hetero) is 1. The second kappa shape index (κ2) is 8.27. The van der Waals surface area contributed by atoms with Gasteiger partial charge in [-0.25, -0.2) is 0 Å². The van der Waals surface area contributed by atoms with E-state index >= 15 is 0 Å². The number of ketones is 1. The molecule has 3 aromatic rings. The molecule has 1 fully saturated rings. The third kappa shape index (κ3) is 3.82. The standard InChI is InChI=1S/C25H27N3O5/c1-12(2)32-18-9-7-17(8-10-18)22-21(23(29)20-14(4)15(5)26-16(20)6)24(30)25(31)28(22)19-11-13(3)33-27-19/h7-12,22,26,29H,1-6H3/b23-21+. The third-order valence-corrected chi connectivity index (χ3v) is 5.80. The summed E-state index contributed by atoms with van der Waals surface area (Å²) in [7, 11) is 0. The molecule has 1 atom stereocenters. The Morgan fingerprint density at radius 3 is 2.30 bits per heavy atom. The average molecular weight is 450 g/mol. The molecule has 1 aliphatic rings. The van der Waals surface area contributed by atoms with Crippen LogP contribution in [0.2, 0.25) is 0 Å². The van der Waals surface area contributed by atoms with Crippen LogP contribution in [0.5, 0.6) is 5.75 Å². The highest BCUT2D eigenvalue weighted by Gasteiger charge is 2.48. The molecule has 33 heavy (non-hydrogen) atoms. The summed E-state index contributed by atoms with van der Waals surface area (Å²) in [4.78, 5) is 30.8. The van der Waals surface area contributed by atoms with E-state index in [1.807, 2.05) is 34.6 Å². The maximum Gasteiger partial charge on any atom is 0.301 e. The molecule has 1 aliphatic heterocycles. The number of nitrogens with zero attached hydrogens (tertiary/aromatic N) is 2. The molecule has 2 aromatic heterocycles. The van der Waals surface area contributed by atoms with E-state index in [1.165, 1.54) is 4.90 Å². The topological polar surface area (TPSA) is 109 Å². The van der Waals surface area contributed by atoms with Gasteiger partial charge >= 0.3 is 5.91 Å². The molecule has 8 heteroatoms. The number of aryl methyl sites for hydroxylation is 3. The zero-order chi connectivity index (χ0) is 24.0. The minimum Gasteiger partial charge on any atom is -0.507 e. The summed E-state index contributed by atoms with van der Waals surface area (Å²) in [6.45, 7) is 11.1. The smallest absolute Gasteiger partial charge is 0.301 e. The fourth-order valence-corrected chi connectivity index (χ4v) is 4.25. The predicted molar refractivity (Wildman–Crippen MR) is 123 cm³/mol. The van der Waals surface area contributed by atoms with Crippen molar-refractivity contribution in [1.82, 2.24) is 10.1 Å². The average Bonchev–Trinajstić information content (AvgIpc) is 3.36. The SMILES string of the molecule is Cc1cc(N2C(=O)C(=O)/C(=C(/O)c3c(C)[nH]c(C)c3C)C2c2ccc(OC(C)C)cc2)no1. The van der Waals surface area contributed by atoms with Crippen LogP contribution in [0.1, 0.15) is 53.7 Å². The van der Waals surface area contributed by atoms with Crippen LogP contribution in [0.25, 0.3) is 5.76 Å². The number of aliphatic hydroxyl groups is 1. The molecule has 2 N–H and O–H groups in total. The van der Waals surface area contributed by atoms with Gasteiger partial charge < -0.3 is 19.4 Å². The summed E-state index contributed by atoms with van der Waals surface area (Å²) in [5.74, 6) is -0.406. The normalized spacial score (nSPS) is 17.9. The fourth-order valence-electron chi connectivity index (χ4n) is 4.25. The van der Waals surface area contributed by atoms with Crippen LogP contribution < -0.4 is 9.64 Å². The first-order valence-electron chi connectivity index (χ1n) is 10.8. The number of aromatic amines is 1. The number of carbonyl (C=O) groups excluding carboxylic acids is 2. The van der Waals surface area contributed by atoms with E-state index in [0.29, 0.717) is 28.3 Å². The highest BCUT2D eigenvalue weighted by molar-refractivity contribution is 6.51. The number of carbonyl (C=O) groups is 2. The fraction of sp³-hybridized carbons (Fsp3) is 0.320. The van der Waals surface area contributed by atoms with E-state index in [9.17, 15) is 14.7 Å². The second-order valence-corrected chi connectivity index (χ2v) is 8.58. The quantitative estimate of drug-likeness (QED) is 0.333. The molecule has 0 radical (unpaired) electrons. The number of hydrogen-bond acceptors (Lipinski definition) is 6. The Hall–Kier alpha value is -3.81. The lowest BCUT2D eigenvalue weighted by Crippen LogP contribution is -2.29. The predicted octanol–water partition coefficient (Wildman–Crippen LogP) is 4.65. The number of aromatic nitrogens is 2. The monoisotopic (exact) mass is 449 g/mol. The molecule has 0 bridgehead atoms. The summed E-state index contributed by atoms with van der Waals surface area (Å²) in [5, 5.41) is 15.3. The number of anilines is 1. The number of hydrogen-bond donors (Lipinski definition) is 2. The zero-order valence-corrected chi connectivity index (χ0v) is 19.5.